The molecule has 2 N–H and O–H groups in total. The first-order chi connectivity index (χ1) is 12.7. The molecule has 1 saturated heterocycles. The van der Waals surface area contributed by atoms with E-state index in [1.165, 1.54) is 43.5 Å². The third-order valence-corrected chi connectivity index (χ3v) is 4.93. The Labute approximate surface area is 161 Å². The van der Waals surface area contributed by atoms with E-state index >= 15 is 0 Å². The second-order valence-corrected chi connectivity index (χ2v) is 7.10. The molecule has 4 nitrogen and oxygen atoms in total. The first kappa shape index (κ1) is 18.7. The van der Waals surface area contributed by atoms with Crippen molar-refractivity contribution in [1.29, 1.82) is 0 Å². The van der Waals surface area contributed by atoms with Gasteiger partial charge in [-0.3, -0.25) is 4.90 Å². The van der Waals surface area contributed by atoms with Gasteiger partial charge in [-0.15, -0.1) is 0 Å². The molecule has 2 aromatic carbocycles. The molecule has 5 heteroatoms. The van der Waals surface area contributed by atoms with Crippen molar-refractivity contribution in [3.63, 3.8) is 0 Å². The number of piperidine rings is 1. The molecule has 0 radical (unpaired) electrons. The fourth-order valence-electron chi connectivity index (χ4n) is 3.17. The minimum absolute atomic E-state index is 0.618. The van der Waals surface area contributed by atoms with E-state index in [2.05, 4.69) is 39.8 Å². The first-order valence-electron chi connectivity index (χ1n) is 9.22. The van der Waals surface area contributed by atoms with Gasteiger partial charge in [-0.05, 0) is 73.5 Å². The second-order valence-electron chi connectivity index (χ2n) is 6.69. The van der Waals surface area contributed by atoms with Gasteiger partial charge in [0.2, 0.25) is 0 Å². The van der Waals surface area contributed by atoms with Gasteiger partial charge in [0.05, 0.1) is 7.11 Å². The minimum atomic E-state index is 0.618. The summed E-state index contributed by atoms with van der Waals surface area (Å²) in [6.45, 7) is 4.24. The number of likely N-dealkylation sites (tertiary alicyclic amines) is 1. The molecule has 0 aliphatic carbocycles. The molecule has 0 amide bonds. The third kappa shape index (κ3) is 5.71. The Morgan fingerprint density at radius 1 is 0.962 bits per heavy atom. The van der Waals surface area contributed by atoms with E-state index in [4.69, 9.17) is 17.0 Å². The van der Waals surface area contributed by atoms with Crippen LogP contribution in [0, 0.1) is 0 Å². The third-order valence-electron chi connectivity index (χ3n) is 4.68. The number of methoxy groups -OCH3 is 1. The molecular weight excluding hydrogens is 342 g/mol. The smallest absolute Gasteiger partial charge is 0.171 e. The van der Waals surface area contributed by atoms with Crippen LogP contribution in [0.2, 0.25) is 0 Å². The van der Waals surface area contributed by atoms with Crippen LogP contribution < -0.4 is 15.4 Å². The predicted molar refractivity (Wildman–Crippen MR) is 112 cm³/mol. The van der Waals surface area contributed by atoms with Crippen molar-refractivity contribution in [3.05, 3.63) is 59.7 Å². The van der Waals surface area contributed by atoms with E-state index < -0.39 is 0 Å². The van der Waals surface area contributed by atoms with E-state index in [0.29, 0.717) is 11.7 Å². The summed E-state index contributed by atoms with van der Waals surface area (Å²) in [5, 5.41) is 7.06. The standard InChI is InChI=1S/C21H27N3OS/c1-25-20-11-9-19(10-12-20)23-21(26)22-15-17-5-7-18(8-6-17)16-24-13-3-2-4-14-24/h5-12H,2-4,13-16H2,1H3,(H2,22,23,26). The average Bonchev–Trinajstić information content (AvgIpc) is 2.69. The van der Waals surface area contributed by atoms with Gasteiger partial charge in [-0.25, -0.2) is 0 Å². The summed E-state index contributed by atoms with van der Waals surface area (Å²) in [5.74, 6) is 0.832. The second kappa shape index (κ2) is 9.55. The molecule has 26 heavy (non-hydrogen) atoms. The van der Waals surface area contributed by atoms with E-state index in [0.717, 1.165) is 18.0 Å². The fourth-order valence-corrected chi connectivity index (χ4v) is 3.36. The number of hydrogen-bond donors (Lipinski definition) is 2. The lowest BCUT2D eigenvalue weighted by Gasteiger charge is -2.26. The molecule has 1 aliphatic rings. The molecule has 0 atom stereocenters. The van der Waals surface area contributed by atoms with Gasteiger partial charge in [0.15, 0.2) is 5.11 Å². The quantitative estimate of drug-likeness (QED) is 0.748. The molecule has 3 rings (SSSR count). The lowest BCUT2D eigenvalue weighted by atomic mass is 10.1. The zero-order valence-electron chi connectivity index (χ0n) is 15.3. The highest BCUT2D eigenvalue weighted by molar-refractivity contribution is 7.80. The monoisotopic (exact) mass is 369 g/mol. The number of benzene rings is 2. The molecule has 1 fully saturated rings. The summed E-state index contributed by atoms with van der Waals surface area (Å²) in [5.41, 5.74) is 3.56. The van der Waals surface area contributed by atoms with Crippen LogP contribution in [-0.4, -0.2) is 30.2 Å². The number of anilines is 1. The Morgan fingerprint density at radius 3 is 2.27 bits per heavy atom. The summed E-state index contributed by atoms with van der Waals surface area (Å²) in [7, 11) is 1.66. The summed E-state index contributed by atoms with van der Waals surface area (Å²) in [4.78, 5) is 2.55. The van der Waals surface area contributed by atoms with Gasteiger partial charge in [0, 0.05) is 18.8 Å². The lowest BCUT2D eigenvalue weighted by Crippen LogP contribution is -2.29. The van der Waals surface area contributed by atoms with Crippen molar-refractivity contribution in [3.8, 4) is 5.75 Å². The van der Waals surface area contributed by atoms with Gasteiger partial charge in [0.1, 0.15) is 5.75 Å². The Morgan fingerprint density at radius 2 is 1.62 bits per heavy atom. The molecule has 0 bridgehead atoms. The Bertz CT molecular complexity index is 694. The maximum Gasteiger partial charge on any atom is 0.171 e. The number of rotatable bonds is 6. The Balaban J connectivity index is 1.44. The minimum Gasteiger partial charge on any atom is -0.497 e. The van der Waals surface area contributed by atoms with E-state index in [1.54, 1.807) is 7.11 Å². The van der Waals surface area contributed by atoms with Crippen molar-refractivity contribution in [1.82, 2.24) is 10.2 Å². The molecule has 0 saturated carbocycles. The van der Waals surface area contributed by atoms with Gasteiger partial charge < -0.3 is 15.4 Å². The van der Waals surface area contributed by atoms with Crippen molar-refractivity contribution in [2.45, 2.75) is 32.4 Å². The van der Waals surface area contributed by atoms with Gasteiger partial charge in [-0.2, -0.15) is 0 Å². The largest absolute Gasteiger partial charge is 0.497 e. The maximum atomic E-state index is 5.37. The van der Waals surface area contributed by atoms with E-state index in [9.17, 15) is 0 Å². The van der Waals surface area contributed by atoms with Crippen LogP contribution in [0.4, 0.5) is 5.69 Å². The van der Waals surface area contributed by atoms with Crippen LogP contribution in [0.1, 0.15) is 30.4 Å². The van der Waals surface area contributed by atoms with Crippen LogP contribution in [0.15, 0.2) is 48.5 Å². The van der Waals surface area contributed by atoms with Gasteiger partial charge in [0.25, 0.3) is 0 Å². The number of thiocarbonyl (C=S) groups is 1. The molecule has 2 aromatic rings. The van der Waals surface area contributed by atoms with Crippen LogP contribution in [0.3, 0.4) is 0 Å². The van der Waals surface area contributed by atoms with Crippen LogP contribution in [0.25, 0.3) is 0 Å². The zero-order valence-corrected chi connectivity index (χ0v) is 16.1. The maximum absolute atomic E-state index is 5.37. The highest BCUT2D eigenvalue weighted by Crippen LogP contribution is 2.15. The Hall–Kier alpha value is -2.11. The zero-order chi connectivity index (χ0) is 18.2. The molecular formula is C21H27N3OS. The molecule has 0 spiro atoms. The molecule has 138 valence electrons. The van der Waals surface area contributed by atoms with Crippen LogP contribution in [0.5, 0.6) is 5.75 Å². The van der Waals surface area contributed by atoms with Gasteiger partial charge >= 0.3 is 0 Å². The van der Waals surface area contributed by atoms with Crippen molar-refractivity contribution >= 4 is 23.0 Å². The average molecular weight is 370 g/mol. The van der Waals surface area contributed by atoms with Crippen molar-refractivity contribution in [2.75, 3.05) is 25.5 Å². The predicted octanol–water partition coefficient (Wildman–Crippen LogP) is 4.17. The summed E-state index contributed by atoms with van der Waals surface area (Å²) in [6.07, 6.45) is 4.05. The molecule has 1 aliphatic heterocycles. The van der Waals surface area contributed by atoms with Crippen LogP contribution in [-0.2, 0) is 13.1 Å². The number of nitrogens with one attached hydrogen (secondary N) is 2. The first-order valence-corrected chi connectivity index (χ1v) is 9.63. The highest BCUT2D eigenvalue weighted by Gasteiger charge is 2.10. The number of ether oxygens (including phenoxy) is 1. The fraction of sp³-hybridized carbons (Fsp3) is 0.381. The molecule has 0 aromatic heterocycles. The van der Waals surface area contributed by atoms with Crippen molar-refractivity contribution in [2.24, 2.45) is 0 Å². The number of nitrogens with zero attached hydrogens (tertiary/aromatic N) is 1. The van der Waals surface area contributed by atoms with Crippen molar-refractivity contribution < 1.29 is 4.74 Å². The highest BCUT2D eigenvalue weighted by atomic mass is 32.1. The SMILES string of the molecule is COc1ccc(NC(=S)NCc2ccc(CN3CCCCC3)cc2)cc1. The van der Waals surface area contributed by atoms with Gasteiger partial charge in [-0.1, -0.05) is 30.7 Å². The van der Waals surface area contributed by atoms with E-state index in [-0.39, 0.29) is 0 Å². The Kier molecular flexibility index (Phi) is 6.86. The number of hydrogen-bond acceptors (Lipinski definition) is 3. The summed E-state index contributed by atoms with van der Waals surface area (Å²) in [6, 6.07) is 16.5. The molecule has 0 unspecified atom stereocenters. The van der Waals surface area contributed by atoms with Crippen LogP contribution >= 0.6 is 12.2 Å². The normalized spacial score (nSPS) is 14.7. The molecule has 1 heterocycles. The summed E-state index contributed by atoms with van der Waals surface area (Å²) < 4.78 is 5.16. The lowest BCUT2D eigenvalue weighted by molar-refractivity contribution is 0.221. The summed E-state index contributed by atoms with van der Waals surface area (Å²) >= 11 is 5.37. The topological polar surface area (TPSA) is 36.5 Å². The van der Waals surface area contributed by atoms with E-state index in [1.807, 2.05) is 24.3 Å².